The molecule has 1 saturated heterocycles. The summed E-state index contributed by atoms with van der Waals surface area (Å²) < 4.78 is 5.23. The Kier molecular flexibility index (Phi) is 4.92. The Morgan fingerprint density at radius 3 is 2.53 bits per heavy atom. The molecule has 3 aliphatic rings. The first-order valence-corrected chi connectivity index (χ1v) is 11.1. The van der Waals surface area contributed by atoms with Gasteiger partial charge in [0.05, 0.1) is 18.4 Å². The van der Waals surface area contributed by atoms with Crippen molar-refractivity contribution in [3.8, 4) is 5.75 Å². The second-order valence-electron chi connectivity index (χ2n) is 8.96. The number of ether oxygens (including phenoxy) is 1. The number of rotatable bonds is 6. The lowest BCUT2D eigenvalue weighted by atomic mass is 9.98. The molecule has 2 aromatic rings. The van der Waals surface area contributed by atoms with Crippen molar-refractivity contribution in [2.24, 2.45) is 0 Å². The molecule has 0 aromatic heterocycles. The van der Waals surface area contributed by atoms with Gasteiger partial charge in [-0.2, -0.15) is 0 Å². The Labute approximate surface area is 187 Å². The minimum Gasteiger partial charge on any atom is -0.497 e. The van der Waals surface area contributed by atoms with Gasteiger partial charge in [-0.3, -0.25) is 19.3 Å². The molecule has 0 spiro atoms. The van der Waals surface area contributed by atoms with E-state index in [0.717, 1.165) is 24.2 Å². The first-order chi connectivity index (χ1) is 15.4. The summed E-state index contributed by atoms with van der Waals surface area (Å²) in [6.45, 7) is 2.34. The summed E-state index contributed by atoms with van der Waals surface area (Å²) in [6, 6.07) is 15.1. The van der Waals surface area contributed by atoms with Crippen molar-refractivity contribution in [1.29, 1.82) is 0 Å². The van der Waals surface area contributed by atoms with Gasteiger partial charge in [0.1, 0.15) is 18.0 Å². The number of nitrogens with zero attached hydrogens (tertiary/aromatic N) is 3. The fourth-order valence-electron chi connectivity index (χ4n) is 4.90. The fourth-order valence-corrected chi connectivity index (χ4v) is 4.90. The molecule has 2 fully saturated rings. The molecule has 1 atom stereocenters. The highest BCUT2D eigenvalue weighted by atomic mass is 16.5. The quantitative estimate of drug-likeness (QED) is 0.702. The number of anilines is 1. The normalized spacial score (nSPS) is 21.9. The van der Waals surface area contributed by atoms with Crippen molar-refractivity contribution >= 4 is 23.4 Å². The van der Waals surface area contributed by atoms with Crippen LogP contribution in [-0.4, -0.2) is 52.9 Å². The maximum atomic E-state index is 13.5. The van der Waals surface area contributed by atoms with Crippen LogP contribution < -0.4 is 9.64 Å². The highest BCUT2D eigenvalue weighted by molar-refractivity contribution is 6.11. The molecule has 0 N–H and O–H groups in total. The molecule has 1 saturated carbocycles. The van der Waals surface area contributed by atoms with Crippen LogP contribution in [0.15, 0.2) is 48.5 Å². The van der Waals surface area contributed by atoms with Crippen LogP contribution in [0.2, 0.25) is 0 Å². The van der Waals surface area contributed by atoms with Crippen LogP contribution in [0.25, 0.3) is 0 Å². The molecule has 7 heteroatoms. The van der Waals surface area contributed by atoms with E-state index in [9.17, 15) is 14.4 Å². The molecule has 2 aromatic carbocycles. The number of methoxy groups -OCH3 is 1. The van der Waals surface area contributed by atoms with E-state index >= 15 is 0 Å². The van der Waals surface area contributed by atoms with E-state index in [2.05, 4.69) is 0 Å². The van der Waals surface area contributed by atoms with Gasteiger partial charge in [-0.1, -0.05) is 24.3 Å². The summed E-state index contributed by atoms with van der Waals surface area (Å²) in [4.78, 5) is 44.9. The Bertz CT molecular complexity index is 1080. The third kappa shape index (κ3) is 3.32. The lowest BCUT2D eigenvalue weighted by Gasteiger charge is -2.48. The highest BCUT2D eigenvalue weighted by Gasteiger charge is 2.53. The highest BCUT2D eigenvalue weighted by Crippen LogP contribution is 2.44. The fraction of sp³-hybridized carbons (Fsp3) is 0.400. The zero-order chi connectivity index (χ0) is 22.5. The van der Waals surface area contributed by atoms with Gasteiger partial charge >= 0.3 is 0 Å². The molecule has 32 heavy (non-hydrogen) atoms. The maximum Gasteiger partial charge on any atom is 0.258 e. The third-order valence-corrected chi connectivity index (χ3v) is 6.86. The third-order valence-electron chi connectivity index (χ3n) is 6.86. The standard InChI is InChI=1S/C25H27N3O4/c1-25-14-13-22(29)28(25)21-6-4-3-5-20(21)24(31)27(25)16-23(30)26(18-9-10-18)15-17-7-11-19(32-2)12-8-17/h3-8,11-12,18H,9-10,13-16H2,1-2H3. The maximum absolute atomic E-state index is 13.5. The first-order valence-electron chi connectivity index (χ1n) is 11.1. The molecule has 2 heterocycles. The number of amides is 3. The van der Waals surface area contributed by atoms with Crippen LogP contribution in [0.4, 0.5) is 5.69 Å². The zero-order valence-electron chi connectivity index (χ0n) is 18.4. The topological polar surface area (TPSA) is 70.2 Å². The molecule has 166 valence electrons. The molecule has 7 nitrogen and oxygen atoms in total. The predicted molar refractivity (Wildman–Crippen MR) is 119 cm³/mol. The van der Waals surface area contributed by atoms with Gasteiger partial charge in [-0.05, 0) is 56.0 Å². The van der Waals surface area contributed by atoms with Gasteiger partial charge < -0.3 is 14.5 Å². The SMILES string of the molecule is COc1ccc(CN(C(=O)CN2C(=O)c3ccccc3N3C(=O)CCC23C)C2CC2)cc1. The van der Waals surface area contributed by atoms with Crippen LogP contribution in [0.5, 0.6) is 5.75 Å². The van der Waals surface area contributed by atoms with Crippen molar-refractivity contribution in [2.75, 3.05) is 18.6 Å². The minimum atomic E-state index is -0.826. The van der Waals surface area contributed by atoms with Crippen molar-refractivity contribution in [3.63, 3.8) is 0 Å². The van der Waals surface area contributed by atoms with Crippen molar-refractivity contribution < 1.29 is 19.1 Å². The van der Waals surface area contributed by atoms with Crippen molar-refractivity contribution in [1.82, 2.24) is 9.80 Å². The Hall–Kier alpha value is -3.35. The lowest BCUT2D eigenvalue weighted by Crippen LogP contribution is -2.64. The molecule has 1 unspecified atom stereocenters. The average Bonchev–Trinajstić information content (AvgIpc) is 3.59. The van der Waals surface area contributed by atoms with Gasteiger partial charge in [0, 0.05) is 19.0 Å². The van der Waals surface area contributed by atoms with E-state index in [-0.39, 0.29) is 30.3 Å². The van der Waals surface area contributed by atoms with Crippen LogP contribution in [0, 0.1) is 0 Å². The number of para-hydroxylation sites is 1. The van der Waals surface area contributed by atoms with Gasteiger partial charge in [-0.15, -0.1) is 0 Å². The second-order valence-corrected chi connectivity index (χ2v) is 8.96. The smallest absolute Gasteiger partial charge is 0.258 e. The minimum absolute atomic E-state index is 0.0119. The molecule has 1 aliphatic carbocycles. The van der Waals surface area contributed by atoms with E-state index < -0.39 is 5.66 Å². The van der Waals surface area contributed by atoms with E-state index in [1.54, 1.807) is 29.0 Å². The van der Waals surface area contributed by atoms with Gasteiger partial charge in [-0.25, -0.2) is 0 Å². The molecule has 3 amide bonds. The number of hydrogen-bond acceptors (Lipinski definition) is 4. The number of benzene rings is 2. The monoisotopic (exact) mass is 433 g/mol. The second kappa shape index (κ2) is 7.65. The Morgan fingerprint density at radius 2 is 1.84 bits per heavy atom. The van der Waals surface area contributed by atoms with Crippen LogP contribution >= 0.6 is 0 Å². The molecule has 5 rings (SSSR count). The van der Waals surface area contributed by atoms with E-state index in [4.69, 9.17) is 4.74 Å². The largest absolute Gasteiger partial charge is 0.497 e. The summed E-state index contributed by atoms with van der Waals surface area (Å²) in [5.41, 5.74) is 1.31. The molecule has 2 aliphatic heterocycles. The number of fused-ring (bicyclic) bond motifs is 3. The Balaban J connectivity index is 1.42. The molecule has 0 bridgehead atoms. The van der Waals surface area contributed by atoms with Crippen molar-refractivity contribution in [3.05, 3.63) is 59.7 Å². The molecular formula is C25H27N3O4. The van der Waals surface area contributed by atoms with E-state index in [1.807, 2.05) is 48.2 Å². The zero-order valence-corrected chi connectivity index (χ0v) is 18.4. The first kappa shape index (κ1) is 20.5. The molecule has 0 radical (unpaired) electrons. The summed E-state index contributed by atoms with van der Waals surface area (Å²) in [6.07, 6.45) is 2.82. The summed E-state index contributed by atoms with van der Waals surface area (Å²) in [5.74, 6) is 0.482. The van der Waals surface area contributed by atoms with Crippen LogP contribution in [0.3, 0.4) is 0 Å². The van der Waals surface area contributed by atoms with Gasteiger partial charge in [0.2, 0.25) is 11.8 Å². The van der Waals surface area contributed by atoms with Crippen LogP contribution in [0.1, 0.15) is 48.5 Å². The number of carbonyl (C=O) groups is 3. The van der Waals surface area contributed by atoms with Crippen LogP contribution in [-0.2, 0) is 16.1 Å². The number of hydrogen-bond donors (Lipinski definition) is 0. The lowest BCUT2D eigenvalue weighted by molar-refractivity contribution is -0.134. The van der Waals surface area contributed by atoms with E-state index in [1.165, 1.54) is 0 Å². The van der Waals surface area contributed by atoms with E-state index in [0.29, 0.717) is 30.6 Å². The van der Waals surface area contributed by atoms with Gasteiger partial charge in [0.25, 0.3) is 5.91 Å². The van der Waals surface area contributed by atoms with Gasteiger partial charge in [0.15, 0.2) is 0 Å². The summed E-state index contributed by atoms with van der Waals surface area (Å²) in [5, 5.41) is 0. The summed E-state index contributed by atoms with van der Waals surface area (Å²) in [7, 11) is 1.63. The number of carbonyl (C=O) groups excluding carboxylic acids is 3. The Morgan fingerprint density at radius 1 is 1.12 bits per heavy atom. The average molecular weight is 434 g/mol. The van der Waals surface area contributed by atoms with Crippen molar-refractivity contribution in [2.45, 2.75) is 50.9 Å². The predicted octanol–water partition coefficient (Wildman–Crippen LogP) is 3.19. The molecular weight excluding hydrogens is 406 g/mol. The summed E-state index contributed by atoms with van der Waals surface area (Å²) >= 11 is 0.